The van der Waals surface area contributed by atoms with Gasteiger partial charge in [-0.05, 0) is 19.1 Å². The summed E-state index contributed by atoms with van der Waals surface area (Å²) in [5.41, 5.74) is 1.74. The van der Waals surface area contributed by atoms with Gasteiger partial charge in [0.05, 0.1) is 12.7 Å². The smallest absolute Gasteiger partial charge is 0.439 e. The maximum Gasteiger partial charge on any atom is 0.439 e. The molecule has 1 aromatic carbocycles. The van der Waals surface area contributed by atoms with Crippen LogP contribution in [0.15, 0.2) is 21.5 Å². The Morgan fingerprint density at radius 1 is 1.50 bits per heavy atom. The monoisotopic (exact) mass is 248 g/mol. The number of methoxy groups -OCH3 is 1. The highest BCUT2D eigenvalue weighted by atomic mass is 16.5. The van der Waals surface area contributed by atoms with E-state index in [4.69, 9.17) is 9.47 Å². The van der Waals surface area contributed by atoms with Crippen molar-refractivity contribution in [1.82, 2.24) is 10.1 Å². The topological polar surface area (TPSA) is 77.4 Å². The second-order valence-corrected chi connectivity index (χ2v) is 4.24. The number of H-pyrrole nitrogens is 1. The molecule has 1 aliphatic rings. The Labute approximate surface area is 103 Å². The molecule has 0 spiro atoms. The van der Waals surface area contributed by atoms with Gasteiger partial charge in [-0.2, -0.15) is 0 Å². The van der Waals surface area contributed by atoms with E-state index in [2.05, 4.69) is 14.7 Å². The first kappa shape index (κ1) is 10.9. The standard InChI is InChI=1S/C12H12N2O4/c1-6-3-7-4-10(16-2)8(5-9(7)17-6)11-13-12(15)18-14-11/h4-6H,3H2,1-2H3,(H,13,14,15). The molecule has 6 nitrogen and oxygen atoms in total. The molecular weight excluding hydrogens is 236 g/mol. The third kappa shape index (κ3) is 1.66. The molecule has 1 aromatic heterocycles. The number of hydrogen-bond acceptors (Lipinski definition) is 5. The summed E-state index contributed by atoms with van der Waals surface area (Å²) in [6, 6.07) is 3.71. The zero-order valence-corrected chi connectivity index (χ0v) is 10.0. The van der Waals surface area contributed by atoms with Crippen molar-refractivity contribution < 1.29 is 14.0 Å². The van der Waals surface area contributed by atoms with Crippen molar-refractivity contribution in [2.24, 2.45) is 0 Å². The van der Waals surface area contributed by atoms with Gasteiger partial charge in [0.15, 0.2) is 5.82 Å². The molecule has 2 heterocycles. The van der Waals surface area contributed by atoms with E-state index >= 15 is 0 Å². The molecule has 18 heavy (non-hydrogen) atoms. The third-order valence-electron chi connectivity index (χ3n) is 2.91. The van der Waals surface area contributed by atoms with Crippen LogP contribution in [0.2, 0.25) is 0 Å². The molecule has 0 radical (unpaired) electrons. The molecule has 94 valence electrons. The van der Waals surface area contributed by atoms with Gasteiger partial charge in [-0.1, -0.05) is 5.16 Å². The molecule has 1 aliphatic heterocycles. The number of rotatable bonds is 2. The molecule has 0 amide bonds. The van der Waals surface area contributed by atoms with Gasteiger partial charge in [-0.3, -0.25) is 9.51 Å². The fraction of sp³-hybridized carbons (Fsp3) is 0.333. The number of ether oxygens (including phenoxy) is 2. The van der Waals surface area contributed by atoms with E-state index in [0.717, 1.165) is 17.7 Å². The van der Waals surface area contributed by atoms with Crippen molar-refractivity contribution in [1.29, 1.82) is 0 Å². The molecule has 0 saturated carbocycles. The van der Waals surface area contributed by atoms with Crippen molar-refractivity contribution >= 4 is 0 Å². The zero-order chi connectivity index (χ0) is 12.7. The van der Waals surface area contributed by atoms with Crippen LogP contribution in [-0.4, -0.2) is 23.4 Å². The molecular formula is C12H12N2O4. The van der Waals surface area contributed by atoms with E-state index in [9.17, 15) is 4.79 Å². The van der Waals surface area contributed by atoms with Gasteiger partial charge in [-0.25, -0.2) is 4.79 Å². The maximum atomic E-state index is 11.0. The van der Waals surface area contributed by atoms with Crippen LogP contribution in [0, 0.1) is 0 Å². The first-order valence-corrected chi connectivity index (χ1v) is 5.61. The first-order chi connectivity index (χ1) is 8.67. The lowest BCUT2D eigenvalue weighted by atomic mass is 10.1. The van der Waals surface area contributed by atoms with Gasteiger partial charge < -0.3 is 9.47 Å². The minimum absolute atomic E-state index is 0.149. The van der Waals surface area contributed by atoms with Crippen LogP contribution in [0.25, 0.3) is 11.4 Å². The van der Waals surface area contributed by atoms with Crippen LogP contribution in [0.4, 0.5) is 0 Å². The Balaban J connectivity index is 2.15. The van der Waals surface area contributed by atoms with E-state index < -0.39 is 5.76 Å². The first-order valence-electron chi connectivity index (χ1n) is 5.61. The zero-order valence-electron chi connectivity index (χ0n) is 10.0. The van der Waals surface area contributed by atoms with Crippen LogP contribution in [-0.2, 0) is 6.42 Å². The number of aromatic nitrogens is 2. The molecule has 1 N–H and O–H groups in total. The summed E-state index contributed by atoms with van der Waals surface area (Å²) in [7, 11) is 1.57. The maximum absolute atomic E-state index is 11.0. The SMILES string of the molecule is COc1cc2c(cc1-c1noc(=O)[nH]1)OC(C)C2. The third-order valence-corrected chi connectivity index (χ3v) is 2.91. The van der Waals surface area contributed by atoms with Gasteiger partial charge in [0, 0.05) is 12.0 Å². The van der Waals surface area contributed by atoms with Crippen molar-refractivity contribution in [3.8, 4) is 22.9 Å². The van der Waals surface area contributed by atoms with Gasteiger partial charge >= 0.3 is 5.76 Å². The molecule has 1 atom stereocenters. The average Bonchev–Trinajstić information content (AvgIpc) is 2.91. The number of fused-ring (bicyclic) bond motifs is 1. The second kappa shape index (κ2) is 3.90. The summed E-state index contributed by atoms with van der Waals surface area (Å²) >= 11 is 0. The molecule has 1 unspecified atom stereocenters. The lowest BCUT2D eigenvalue weighted by molar-refractivity contribution is 0.254. The van der Waals surface area contributed by atoms with Gasteiger partial charge in [0.25, 0.3) is 0 Å². The molecule has 0 aliphatic carbocycles. The normalized spacial score (nSPS) is 17.3. The predicted molar refractivity (Wildman–Crippen MR) is 62.9 cm³/mol. The highest BCUT2D eigenvalue weighted by Crippen LogP contribution is 2.38. The second-order valence-electron chi connectivity index (χ2n) is 4.24. The van der Waals surface area contributed by atoms with Gasteiger partial charge in [0.2, 0.25) is 0 Å². The van der Waals surface area contributed by atoms with Crippen LogP contribution in [0.5, 0.6) is 11.5 Å². The number of hydrogen-bond donors (Lipinski definition) is 1. The molecule has 0 bridgehead atoms. The van der Waals surface area contributed by atoms with E-state index in [1.54, 1.807) is 7.11 Å². The molecule has 0 fully saturated rings. The lowest BCUT2D eigenvalue weighted by Crippen LogP contribution is -2.05. The number of aromatic amines is 1. The van der Waals surface area contributed by atoms with E-state index in [1.165, 1.54) is 0 Å². The number of benzene rings is 1. The highest BCUT2D eigenvalue weighted by Gasteiger charge is 2.23. The fourth-order valence-electron chi connectivity index (χ4n) is 2.14. The minimum Gasteiger partial charge on any atom is -0.496 e. The molecule has 6 heteroatoms. The summed E-state index contributed by atoms with van der Waals surface area (Å²) in [5.74, 6) is 1.17. The van der Waals surface area contributed by atoms with Gasteiger partial charge in [0.1, 0.15) is 17.6 Å². The van der Waals surface area contributed by atoms with Crippen molar-refractivity contribution in [3.05, 3.63) is 28.2 Å². The Morgan fingerprint density at radius 2 is 2.33 bits per heavy atom. The number of nitrogens with zero attached hydrogens (tertiary/aromatic N) is 1. The minimum atomic E-state index is -0.596. The lowest BCUT2D eigenvalue weighted by Gasteiger charge is -2.08. The Bertz CT molecular complexity index is 644. The summed E-state index contributed by atoms with van der Waals surface area (Å²) in [5, 5.41) is 3.66. The molecule has 0 saturated heterocycles. The fourth-order valence-corrected chi connectivity index (χ4v) is 2.14. The predicted octanol–water partition coefficient (Wildman–Crippen LogP) is 1.36. The summed E-state index contributed by atoms with van der Waals surface area (Å²) in [6.07, 6.45) is 0.998. The Hall–Kier alpha value is -2.24. The Kier molecular flexibility index (Phi) is 2.36. The van der Waals surface area contributed by atoms with E-state index in [-0.39, 0.29) is 6.10 Å². The summed E-state index contributed by atoms with van der Waals surface area (Å²) in [6.45, 7) is 2.00. The van der Waals surface area contributed by atoms with Crippen LogP contribution in [0.3, 0.4) is 0 Å². The van der Waals surface area contributed by atoms with Crippen LogP contribution in [0.1, 0.15) is 12.5 Å². The largest absolute Gasteiger partial charge is 0.496 e. The molecule has 3 rings (SSSR count). The number of nitrogens with one attached hydrogen (secondary N) is 1. The summed E-state index contributed by atoms with van der Waals surface area (Å²) < 4.78 is 15.5. The van der Waals surface area contributed by atoms with E-state index in [1.807, 2.05) is 19.1 Å². The quantitative estimate of drug-likeness (QED) is 0.868. The van der Waals surface area contributed by atoms with Crippen molar-refractivity contribution in [3.63, 3.8) is 0 Å². The van der Waals surface area contributed by atoms with Crippen molar-refractivity contribution in [2.75, 3.05) is 7.11 Å². The highest BCUT2D eigenvalue weighted by molar-refractivity contribution is 5.68. The Morgan fingerprint density at radius 3 is 3.00 bits per heavy atom. The average molecular weight is 248 g/mol. The van der Waals surface area contributed by atoms with Crippen LogP contribution < -0.4 is 15.2 Å². The molecule has 2 aromatic rings. The summed E-state index contributed by atoms with van der Waals surface area (Å²) in [4.78, 5) is 13.5. The van der Waals surface area contributed by atoms with Gasteiger partial charge in [-0.15, -0.1) is 0 Å². The van der Waals surface area contributed by atoms with Crippen molar-refractivity contribution in [2.45, 2.75) is 19.4 Å². The van der Waals surface area contributed by atoms with E-state index in [0.29, 0.717) is 17.1 Å². The van der Waals surface area contributed by atoms with Crippen LogP contribution >= 0.6 is 0 Å².